The first kappa shape index (κ1) is 9.58. The predicted molar refractivity (Wildman–Crippen MR) is 59.6 cm³/mol. The van der Waals surface area contributed by atoms with Crippen LogP contribution < -0.4 is 4.74 Å². The molecule has 1 rings (SSSR count). The van der Waals surface area contributed by atoms with Crippen molar-refractivity contribution in [1.29, 1.82) is 0 Å². The summed E-state index contributed by atoms with van der Waals surface area (Å²) < 4.78 is 6.67. The number of ether oxygens (including phenoxy) is 1. The molecule has 0 saturated heterocycles. The highest BCUT2D eigenvalue weighted by Crippen LogP contribution is 2.22. The van der Waals surface area contributed by atoms with Gasteiger partial charge in [0.05, 0.1) is 0 Å². The van der Waals surface area contributed by atoms with Gasteiger partial charge in [-0.05, 0) is 41.6 Å². The molecule has 0 N–H and O–H groups in total. The summed E-state index contributed by atoms with van der Waals surface area (Å²) in [5, 5.41) is 0. The summed E-state index contributed by atoms with van der Waals surface area (Å²) >= 11 is 2.30. The van der Waals surface area contributed by atoms with Gasteiger partial charge in [0.1, 0.15) is 12.4 Å². The molecule has 1 aromatic carbocycles. The van der Waals surface area contributed by atoms with E-state index in [9.17, 15) is 0 Å². The second-order valence-corrected chi connectivity index (χ2v) is 3.62. The maximum absolute atomic E-state index is 5.44. The van der Waals surface area contributed by atoms with Gasteiger partial charge >= 0.3 is 0 Å². The van der Waals surface area contributed by atoms with Gasteiger partial charge in [0, 0.05) is 9.13 Å². The molecule has 0 atom stereocenters. The van der Waals surface area contributed by atoms with Crippen molar-refractivity contribution in [2.24, 2.45) is 0 Å². The Hall–Kier alpha value is -0.510. The molecule has 0 spiro atoms. The van der Waals surface area contributed by atoms with Crippen molar-refractivity contribution in [3.63, 3.8) is 0 Å². The molecule has 12 heavy (non-hydrogen) atoms. The van der Waals surface area contributed by atoms with Crippen LogP contribution in [-0.2, 0) is 0 Å². The first-order chi connectivity index (χ1) is 5.75. The monoisotopic (exact) mass is 274 g/mol. The fourth-order valence-corrected chi connectivity index (χ4v) is 1.37. The molecule has 0 fully saturated rings. The van der Waals surface area contributed by atoms with E-state index < -0.39 is 0 Å². The topological polar surface area (TPSA) is 9.23 Å². The van der Waals surface area contributed by atoms with E-state index in [2.05, 4.69) is 42.2 Å². The van der Waals surface area contributed by atoms with Crippen molar-refractivity contribution in [3.05, 3.63) is 40.0 Å². The first-order valence-electron chi connectivity index (χ1n) is 3.74. The molecule has 1 nitrogen and oxygen atoms in total. The van der Waals surface area contributed by atoms with Crippen molar-refractivity contribution in [3.8, 4) is 5.75 Å². The summed E-state index contributed by atoms with van der Waals surface area (Å²) in [7, 11) is 0. The summed E-state index contributed by atoms with van der Waals surface area (Å²) in [6.45, 7) is 6.23. The van der Waals surface area contributed by atoms with Crippen molar-refractivity contribution in [2.75, 3.05) is 6.61 Å². The molecule has 0 aliphatic heterocycles. The van der Waals surface area contributed by atoms with Crippen molar-refractivity contribution < 1.29 is 4.74 Å². The lowest BCUT2D eigenvalue weighted by Crippen LogP contribution is -1.95. The minimum atomic E-state index is 0.570. The summed E-state index contributed by atoms with van der Waals surface area (Å²) in [6.07, 6.45) is 1.75. The molecule has 2 heteroatoms. The van der Waals surface area contributed by atoms with Crippen molar-refractivity contribution >= 4 is 22.6 Å². The maximum Gasteiger partial charge on any atom is 0.123 e. The third kappa shape index (κ3) is 2.24. The van der Waals surface area contributed by atoms with Crippen molar-refractivity contribution in [1.82, 2.24) is 0 Å². The van der Waals surface area contributed by atoms with Gasteiger partial charge in [0.15, 0.2) is 0 Å². The van der Waals surface area contributed by atoms with Gasteiger partial charge in [-0.25, -0.2) is 0 Å². The van der Waals surface area contributed by atoms with Gasteiger partial charge in [-0.1, -0.05) is 18.7 Å². The largest absolute Gasteiger partial charge is 0.489 e. The lowest BCUT2D eigenvalue weighted by molar-refractivity contribution is 0.360. The van der Waals surface area contributed by atoms with E-state index in [1.165, 1.54) is 9.13 Å². The summed E-state index contributed by atoms with van der Waals surface area (Å²) in [5.41, 5.74) is 1.19. The molecule has 0 saturated carbocycles. The highest BCUT2D eigenvalue weighted by molar-refractivity contribution is 14.1. The average Bonchev–Trinajstić information content (AvgIpc) is 2.08. The standard InChI is InChI=1S/C10H11IO/c1-3-7-12-10-6-4-5-9(11)8(10)2/h3-6H,1,7H2,2H3. The molecule has 0 aliphatic rings. The van der Waals surface area contributed by atoms with E-state index >= 15 is 0 Å². The Morgan fingerprint density at radius 3 is 3.00 bits per heavy atom. The van der Waals surface area contributed by atoms with Crippen LogP contribution in [0.1, 0.15) is 5.56 Å². The number of benzene rings is 1. The second kappa shape index (κ2) is 4.50. The molecular weight excluding hydrogens is 263 g/mol. The van der Waals surface area contributed by atoms with Gasteiger partial charge in [-0.15, -0.1) is 0 Å². The molecule has 0 radical (unpaired) electrons. The maximum atomic E-state index is 5.44. The summed E-state index contributed by atoms with van der Waals surface area (Å²) in [4.78, 5) is 0. The first-order valence-corrected chi connectivity index (χ1v) is 4.82. The fourth-order valence-electron chi connectivity index (χ4n) is 0.893. The van der Waals surface area contributed by atoms with Crippen LogP contribution in [0.15, 0.2) is 30.9 Å². The Morgan fingerprint density at radius 1 is 1.58 bits per heavy atom. The zero-order valence-corrected chi connectivity index (χ0v) is 9.17. The summed E-state index contributed by atoms with van der Waals surface area (Å²) in [6, 6.07) is 6.03. The average molecular weight is 274 g/mol. The number of halogens is 1. The highest BCUT2D eigenvalue weighted by Gasteiger charge is 2.00. The van der Waals surface area contributed by atoms with E-state index in [1.807, 2.05) is 12.1 Å². The molecular formula is C10H11IO. The second-order valence-electron chi connectivity index (χ2n) is 2.46. The van der Waals surface area contributed by atoms with Gasteiger partial charge in [-0.3, -0.25) is 0 Å². The zero-order chi connectivity index (χ0) is 8.97. The van der Waals surface area contributed by atoms with Gasteiger partial charge in [0.25, 0.3) is 0 Å². The highest BCUT2D eigenvalue weighted by atomic mass is 127. The van der Waals surface area contributed by atoms with Gasteiger partial charge < -0.3 is 4.74 Å². The molecule has 0 aliphatic carbocycles. The SMILES string of the molecule is C=CCOc1cccc(I)c1C. The smallest absolute Gasteiger partial charge is 0.123 e. The molecule has 0 heterocycles. The molecule has 1 aromatic rings. The molecule has 0 unspecified atom stereocenters. The lowest BCUT2D eigenvalue weighted by atomic mass is 10.2. The lowest BCUT2D eigenvalue weighted by Gasteiger charge is -2.07. The van der Waals surface area contributed by atoms with Crippen molar-refractivity contribution in [2.45, 2.75) is 6.92 Å². The van der Waals surface area contributed by atoms with E-state index in [4.69, 9.17) is 4.74 Å². The quantitative estimate of drug-likeness (QED) is 0.607. The third-order valence-electron chi connectivity index (χ3n) is 1.57. The van der Waals surface area contributed by atoms with E-state index in [0.717, 1.165) is 5.75 Å². The van der Waals surface area contributed by atoms with Crippen LogP contribution >= 0.6 is 22.6 Å². The van der Waals surface area contributed by atoms with E-state index in [-0.39, 0.29) is 0 Å². The molecule has 64 valence electrons. The zero-order valence-electron chi connectivity index (χ0n) is 7.01. The molecule has 0 bridgehead atoms. The van der Waals surface area contributed by atoms with Crippen LogP contribution in [0.25, 0.3) is 0 Å². The number of rotatable bonds is 3. The van der Waals surface area contributed by atoms with Gasteiger partial charge in [0.2, 0.25) is 0 Å². The minimum absolute atomic E-state index is 0.570. The Labute approximate surface area is 86.6 Å². The Bertz CT molecular complexity index is 281. The van der Waals surface area contributed by atoms with E-state index in [0.29, 0.717) is 6.61 Å². The fraction of sp³-hybridized carbons (Fsp3) is 0.200. The van der Waals surface area contributed by atoms with Crippen LogP contribution in [0.3, 0.4) is 0 Å². The van der Waals surface area contributed by atoms with Crippen LogP contribution in [0.4, 0.5) is 0 Å². The van der Waals surface area contributed by atoms with Crippen LogP contribution in [-0.4, -0.2) is 6.61 Å². The van der Waals surface area contributed by atoms with E-state index in [1.54, 1.807) is 6.08 Å². The Kier molecular flexibility index (Phi) is 3.59. The van der Waals surface area contributed by atoms with Crippen LogP contribution in [0.5, 0.6) is 5.75 Å². The Balaban J connectivity index is 2.84. The summed E-state index contributed by atoms with van der Waals surface area (Å²) in [5.74, 6) is 0.946. The number of hydrogen-bond acceptors (Lipinski definition) is 1. The molecule has 0 aromatic heterocycles. The van der Waals surface area contributed by atoms with Crippen LogP contribution in [0, 0.1) is 10.5 Å². The van der Waals surface area contributed by atoms with Crippen LogP contribution in [0.2, 0.25) is 0 Å². The third-order valence-corrected chi connectivity index (χ3v) is 2.74. The predicted octanol–water partition coefficient (Wildman–Crippen LogP) is 3.16. The molecule has 0 amide bonds. The minimum Gasteiger partial charge on any atom is -0.489 e. The normalized spacial score (nSPS) is 9.50. The van der Waals surface area contributed by atoms with Gasteiger partial charge in [-0.2, -0.15) is 0 Å². The number of hydrogen-bond donors (Lipinski definition) is 0. The Morgan fingerprint density at radius 2 is 2.33 bits per heavy atom.